The topological polar surface area (TPSA) is 95.5 Å². The fourth-order valence-corrected chi connectivity index (χ4v) is 1.03. The van der Waals surface area contributed by atoms with Gasteiger partial charge in [-0.1, -0.05) is 0 Å². The highest BCUT2D eigenvalue weighted by atomic mass is 16.5. The van der Waals surface area contributed by atoms with E-state index >= 15 is 0 Å². The van der Waals surface area contributed by atoms with Gasteiger partial charge in [0, 0.05) is 19.4 Å². The molecule has 0 atom stereocenters. The first kappa shape index (κ1) is 12.2. The number of hydrogen-bond donors (Lipinski definition) is 2. The minimum atomic E-state index is -1.10. The number of likely N-dealkylation sites (N-methyl/N-ethyl adjacent to an activating group) is 1. The molecule has 0 unspecified atom stereocenters. The molecule has 0 spiro atoms. The number of H-pyrrole nitrogens is 1. The Kier molecular flexibility index (Phi) is 4.46. The number of aromatic amines is 1. The Balaban J connectivity index is 2.28. The van der Waals surface area contributed by atoms with Gasteiger partial charge in [0.2, 0.25) is 5.91 Å². The van der Waals surface area contributed by atoms with Gasteiger partial charge in [-0.05, 0) is 0 Å². The third-order valence-electron chi connectivity index (χ3n) is 1.82. The van der Waals surface area contributed by atoms with Gasteiger partial charge in [0.05, 0.1) is 6.54 Å². The fraction of sp³-hybridized carbons (Fsp3) is 0.444. The molecule has 88 valence electrons. The molecule has 16 heavy (non-hydrogen) atoms. The van der Waals surface area contributed by atoms with Gasteiger partial charge in [-0.3, -0.25) is 4.79 Å². The van der Waals surface area contributed by atoms with Crippen molar-refractivity contribution in [3.05, 3.63) is 18.2 Å². The highest BCUT2D eigenvalue weighted by molar-refractivity contribution is 5.77. The normalized spacial score (nSPS) is 10.1. The van der Waals surface area contributed by atoms with Crippen LogP contribution < -0.4 is 0 Å². The standard InChI is InChI=1S/C9H13N3O4/c1-12(4-7-10-2-3-11-7)8(13)5-16-6-9(14)15/h2-3H,4-6H2,1H3,(H,10,11)(H,14,15). The van der Waals surface area contributed by atoms with E-state index in [1.165, 1.54) is 4.90 Å². The summed E-state index contributed by atoms with van der Waals surface area (Å²) in [7, 11) is 1.59. The van der Waals surface area contributed by atoms with Gasteiger partial charge in [-0.15, -0.1) is 0 Å². The summed E-state index contributed by atoms with van der Waals surface area (Å²) in [6, 6.07) is 0. The summed E-state index contributed by atoms with van der Waals surface area (Å²) in [5.74, 6) is -0.728. The largest absolute Gasteiger partial charge is 0.480 e. The van der Waals surface area contributed by atoms with Crippen molar-refractivity contribution in [2.45, 2.75) is 6.54 Å². The third kappa shape index (κ3) is 4.09. The van der Waals surface area contributed by atoms with E-state index in [1.807, 2.05) is 0 Å². The predicted octanol–water partition coefficient (Wildman–Crippen LogP) is -0.531. The Morgan fingerprint density at radius 3 is 2.88 bits per heavy atom. The number of hydrogen-bond acceptors (Lipinski definition) is 4. The maximum Gasteiger partial charge on any atom is 0.329 e. The summed E-state index contributed by atoms with van der Waals surface area (Å²) in [6.07, 6.45) is 3.25. The molecule has 1 aromatic heterocycles. The summed E-state index contributed by atoms with van der Waals surface area (Å²) in [5, 5.41) is 8.31. The molecular weight excluding hydrogens is 214 g/mol. The molecule has 0 aliphatic rings. The van der Waals surface area contributed by atoms with Crippen molar-refractivity contribution in [2.75, 3.05) is 20.3 Å². The molecule has 1 aromatic rings. The van der Waals surface area contributed by atoms with E-state index < -0.39 is 12.6 Å². The molecule has 7 nitrogen and oxygen atoms in total. The average molecular weight is 227 g/mol. The zero-order valence-electron chi connectivity index (χ0n) is 8.84. The monoisotopic (exact) mass is 227 g/mol. The molecule has 0 saturated heterocycles. The molecular formula is C9H13N3O4. The highest BCUT2D eigenvalue weighted by Gasteiger charge is 2.11. The number of carboxylic acids is 1. The van der Waals surface area contributed by atoms with Crippen LogP contribution in [0.4, 0.5) is 0 Å². The van der Waals surface area contributed by atoms with Crippen molar-refractivity contribution in [1.82, 2.24) is 14.9 Å². The molecule has 0 aromatic carbocycles. The molecule has 1 amide bonds. The maximum absolute atomic E-state index is 11.4. The van der Waals surface area contributed by atoms with Crippen molar-refractivity contribution in [2.24, 2.45) is 0 Å². The molecule has 0 bridgehead atoms. The van der Waals surface area contributed by atoms with Crippen LogP contribution in [0.15, 0.2) is 12.4 Å². The van der Waals surface area contributed by atoms with E-state index in [9.17, 15) is 9.59 Å². The molecule has 1 rings (SSSR count). The lowest BCUT2D eigenvalue weighted by molar-refractivity contribution is -0.145. The molecule has 0 fully saturated rings. The van der Waals surface area contributed by atoms with Gasteiger partial charge < -0.3 is 19.7 Å². The summed E-state index contributed by atoms with van der Waals surface area (Å²) in [6.45, 7) is -0.383. The van der Waals surface area contributed by atoms with Gasteiger partial charge in [0.25, 0.3) is 0 Å². The van der Waals surface area contributed by atoms with E-state index in [0.29, 0.717) is 12.4 Å². The SMILES string of the molecule is CN(Cc1ncc[nH]1)C(=O)COCC(=O)O. The number of nitrogens with one attached hydrogen (secondary N) is 1. The van der Waals surface area contributed by atoms with Crippen molar-refractivity contribution in [1.29, 1.82) is 0 Å². The number of amides is 1. The molecule has 0 aliphatic carbocycles. The number of rotatable bonds is 6. The number of aliphatic carboxylic acids is 1. The second-order valence-corrected chi connectivity index (χ2v) is 3.17. The zero-order chi connectivity index (χ0) is 12.0. The lowest BCUT2D eigenvalue weighted by atomic mass is 10.5. The minimum absolute atomic E-state index is 0.247. The summed E-state index contributed by atoms with van der Waals surface area (Å²) < 4.78 is 4.68. The van der Waals surface area contributed by atoms with Crippen LogP contribution in [-0.4, -0.2) is 52.1 Å². The number of carbonyl (C=O) groups excluding carboxylic acids is 1. The number of carboxylic acid groups (broad SMARTS) is 1. The van der Waals surface area contributed by atoms with Crippen LogP contribution in [-0.2, 0) is 20.9 Å². The van der Waals surface area contributed by atoms with Gasteiger partial charge in [0.15, 0.2) is 0 Å². The van der Waals surface area contributed by atoms with E-state index in [0.717, 1.165) is 0 Å². The van der Waals surface area contributed by atoms with Gasteiger partial charge >= 0.3 is 5.97 Å². The van der Waals surface area contributed by atoms with Crippen molar-refractivity contribution in [3.8, 4) is 0 Å². The van der Waals surface area contributed by atoms with E-state index in [1.54, 1.807) is 19.4 Å². The molecule has 0 saturated carbocycles. The first-order chi connectivity index (χ1) is 7.59. The number of carbonyl (C=O) groups is 2. The molecule has 0 aliphatic heterocycles. The van der Waals surface area contributed by atoms with E-state index in [2.05, 4.69) is 14.7 Å². The Morgan fingerprint density at radius 1 is 1.56 bits per heavy atom. The first-order valence-electron chi connectivity index (χ1n) is 4.61. The Bertz CT molecular complexity index is 350. The maximum atomic E-state index is 11.4. The summed E-state index contributed by atoms with van der Waals surface area (Å²) >= 11 is 0. The smallest absolute Gasteiger partial charge is 0.329 e. The minimum Gasteiger partial charge on any atom is -0.480 e. The van der Waals surface area contributed by atoms with Gasteiger partial charge in [0.1, 0.15) is 19.0 Å². The molecule has 2 N–H and O–H groups in total. The van der Waals surface area contributed by atoms with Gasteiger partial charge in [-0.2, -0.15) is 0 Å². The van der Waals surface area contributed by atoms with E-state index in [4.69, 9.17) is 5.11 Å². The highest BCUT2D eigenvalue weighted by Crippen LogP contribution is 1.96. The Morgan fingerprint density at radius 2 is 2.31 bits per heavy atom. The third-order valence-corrected chi connectivity index (χ3v) is 1.82. The Hall–Kier alpha value is -1.89. The number of ether oxygens (including phenoxy) is 1. The lowest BCUT2D eigenvalue weighted by Crippen LogP contribution is -2.31. The second kappa shape index (κ2) is 5.86. The summed E-state index contributed by atoms with van der Waals surface area (Å²) in [4.78, 5) is 29.8. The quantitative estimate of drug-likeness (QED) is 0.681. The average Bonchev–Trinajstić information content (AvgIpc) is 2.69. The van der Waals surface area contributed by atoms with Crippen LogP contribution in [0.5, 0.6) is 0 Å². The lowest BCUT2D eigenvalue weighted by Gasteiger charge is -2.15. The van der Waals surface area contributed by atoms with Crippen LogP contribution in [0, 0.1) is 0 Å². The second-order valence-electron chi connectivity index (χ2n) is 3.17. The van der Waals surface area contributed by atoms with Crippen molar-refractivity contribution in [3.63, 3.8) is 0 Å². The van der Waals surface area contributed by atoms with Crippen molar-refractivity contribution < 1.29 is 19.4 Å². The zero-order valence-corrected chi connectivity index (χ0v) is 8.84. The number of imidazole rings is 1. The van der Waals surface area contributed by atoms with Crippen LogP contribution in [0.3, 0.4) is 0 Å². The van der Waals surface area contributed by atoms with Crippen LogP contribution >= 0.6 is 0 Å². The van der Waals surface area contributed by atoms with Crippen LogP contribution in [0.1, 0.15) is 5.82 Å². The molecule has 0 radical (unpaired) electrons. The number of nitrogens with zero attached hydrogens (tertiary/aromatic N) is 2. The van der Waals surface area contributed by atoms with E-state index in [-0.39, 0.29) is 12.5 Å². The van der Waals surface area contributed by atoms with Crippen LogP contribution in [0.2, 0.25) is 0 Å². The Labute approximate surface area is 92.0 Å². The van der Waals surface area contributed by atoms with Crippen molar-refractivity contribution >= 4 is 11.9 Å². The van der Waals surface area contributed by atoms with Gasteiger partial charge in [-0.25, -0.2) is 9.78 Å². The molecule has 7 heteroatoms. The predicted molar refractivity (Wildman–Crippen MR) is 53.5 cm³/mol. The first-order valence-corrected chi connectivity index (χ1v) is 4.61. The fourth-order valence-electron chi connectivity index (χ4n) is 1.03. The number of aromatic nitrogens is 2. The summed E-state index contributed by atoms with van der Waals surface area (Å²) in [5.41, 5.74) is 0. The molecule has 1 heterocycles. The van der Waals surface area contributed by atoms with Crippen LogP contribution in [0.25, 0.3) is 0 Å².